The van der Waals surface area contributed by atoms with Gasteiger partial charge in [0, 0.05) is 24.4 Å². The van der Waals surface area contributed by atoms with Crippen LogP contribution in [-0.2, 0) is 47.0 Å². The molecule has 16 heteroatoms. The smallest absolute Gasteiger partial charge is 0.410 e. The molecule has 4 aliphatic rings. The number of fused-ring (bicyclic) bond motifs is 1. The summed E-state index contributed by atoms with van der Waals surface area (Å²) in [5.41, 5.74) is -1.35. The van der Waals surface area contributed by atoms with Gasteiger partial charge in [0.05, 0.1) is 18.3 Å². The minimum absolute atomic E-state index is 0.0161. The van der Waals surface area contributed by atoms with Crippen molar-refractivity contribution in [1.82, 2.24) is 25.2 Å². The molecule has 0 bridgehead atoms. The van der Waals surface area contributed by atoms with Crippen molar-refractivity contribution in [2.24, 2.45) is 11.3 Å². The summed E-state index contributed by atoms with van der Waals surface area (Å²) in [6.45, 7) is 16.3. The number of carbonyl (C=O) groups excluding carboxylic acids is 5. The van der Waals surface area contributed by atoms with Crippen molar-refractivity contribution >= 4 is 39.9 Å². The summed E-state index contributed by atoms with van der Waals surface area (Å²) in [6.07, 6.45) is -0.969. The zero-order valence-corrected chi connectivity index (χ0v) is 32.4. The summed E-state index contributed by atoms with van der Waals surface area (Å²) in [4.78, 5) is 71.3. The summed E-state index contributed by atoms with van der Waals surface area (Å²) in [6, 6.07) is 2.16. The van der Waals surface area contributed by atoms with Crippen LogP contribution in [0.4, 0.5) is 14.0 Å². The molecule has 5 amide bonds. The molecule has 0 aromatic heterocycles. The van der Waals surface area contributed by atoms with E-state index in [9.17, 15) is 36.8 Å². The third kappa shape index (κ3) is 9.13. The zero-order chi connectivity index (χ0) is 39.3. The summed E-state index contributed by atoms with van der Waals surface area (Å²) < 4.78 is 53.3. The van der Waals surface area contributed by atoms with E-state index in [2.05, 4.69) is 21.9 Å². The Morgan fingerprint density at radius 3 is 2.34 bits per heavy atom. The Balaban J connectivity index is 1.41. The number of rotatable bonds is 12. The Kier molecular flexibility index (Phi) is 11.0. The van der Waals surface area contributed by atoms with Crippen LogP contribution in [0.15, 0.2) is 30.4 Å². The molecule has 1 aromatic carbocycles. The molecule has 2 heterocycles. The number of carbonyl (C=O) groups is 5. The van der Waals surface area contributed by atoms with E-state index in [0.29, 0.717) is 36.0 Å². The van der Waals surface area contributed by atoms with Crippen LogP contribution in [-0.4, -0.2) is 89.2 Å². The first-order valence-electron chi connectivity index (χ1n) is 18.1. The predicted molar refractivity (Wildman–Crippen MR) is 192 cm³/mol. The molecule has 2 aliphatic carbocycles. The molecule has 292 valence electrons. The zero-order valence-electron chi connectivity index (χ0n) is 31.5. The maximum Gasteiger partial charge on any atom is 0.410 e. The quantitative estimate of drug-likeness (QED) is 0.265. The van der Waals surface area contributed by atoms with Crippen LogP contribution < -0.4 is 15.4 Å². The molecule has 0 radical (unpaired) electrons. The van der Waals surface area contributed by atoms with Crippen LogP contribution in [0.2, 0.25) is 0 Å². The highest BCUT2D eigenvalue weighted by atomic mass is 32.2. The molecule has 2 aliphatic heterocycles. The summed E-state index contributed by atoms with van der Waals surface area (Å²) in [7, 11) is -3.95. The SMILES string of the molecule is C=C(C)C1CC1(NC(=O)C1CC(OC(=O)N2Cc3cccc(F)c3C2)CN1C(=O)C(CC(C)(C)CC)NC(=O)OC(C)(C)C)C(=O)NS(=O)(=O)C1CC1. The van der Waals surface area contributed by atoms with E-state index in [1.165, 1.54) is 15.9 Å². The number of likely N-dealkylation sites (tertiary alicyclic amines) is 1. The first-order chi connectivity index (χ1) is 24.6. The third-order valence-electron chi connectivity index (χ3n) is 10.5. The van der Waals surface area contributed by atoms with Gasteiger partial charge in [0.2, 0.25) is 21.8 Å². The van der Waals surface area contributed by atoms with Crippen LogP contribution in [0, 0.1) is 17.2 Å². The fourth-order valence-corrected chi connectivity index (χ4v) is 8.30. The minimum Gasteiger partial charge on any atom is -0.444 e. The first-order valence-corrected chi connectivity index (χ1v) is 19.7. The average molecular weight is 762 g/mol. The van der Waals surface area contributed by atoms with Crippen molar-refractivity contribution < 1.29 is 46.3 Å². The van der Waals surface area contributed by atoms with E-state index in [4.69, 9.17) is 9.47 Å². The molecule has 1 saturated heterocycles. The Bertz CT molecular complexity index is 1790. The molecule has 2 saturated carbocycles. The van der Waals surface area contributed by atoms with E-state index in [1.807, 2.05) is 20.8 Å². The molecule has 5 unspecified atom stereocenters. The van der Waals surface area contributed by atoms with Crippen LogP contribution in [0.1, 0.15) is 98.1 Å². The van der Waals surface area contributed by atoms with Crippen molar-refractivity contribution in [3.63, 3.8) is 0 Å². The number of hydrogen-bond donors (Lipinski definition) is 3. The molecule has 5 rings (SSSR count). The van der Waals surface area contributed by atoms with Gasteiger partial charge in [0.1, 0.15) is 35.1 Å². The van der Waals surface area contributed by atoms with Crippen molar-refractivity contribution in [3.05, 3.63) is 47.3 Å². The van der Waals surface area contributed by atoms with E-state index in [-0.39, 0.29) is 38.9 Å². The predicted octanol–water partition coefficient (Wildman–Crippen LogP) is 4.03. The lowest BCUT2D eigenvalue weighted by Gasteiger charge is -2.33. The van der Waals surface area contributed by atoms with E-state index in [1.54, 1.807) is 39.8 Å². The molecule has 1 aromatic rings. The second kappa shape index (κ2) is 14.6. The van der Waals surface area contributed by atoms with Gasteiger partial charge in [-0.15, -0.1) is 0 Å². The van der Waals surface area contributed by atoms with Crippen molar-refractivity contribution in [2.45, 2.75) is 135 Å². The van der Waals surface area contributed by atoms with Gasteiger partial charge in [-0.3, -0.25) is 24.0 Å². The molecule has 3 fully saturated rings. The Hall–Kier alpha value is -4.21. The largest absolute Gasteiger partial charge is 0.444 e. The molecular formula is C37H52FN5O9S. The first kappa shape index (κ1) is 40.0. The topological polar surface area (TPSA) is 181 Å². The van der Waals surface area contributed by atoms with Gasteiger partial charge in [0.15, 0.2) is 0 Å². The van der Waals surface area contributed by atoms with Crippen LogP contribution in [0.3, 0.4) is 0 Å². The summed E-state index contributed by atoms with van der Waals surface area (Å²) >= 11 is 0. The maximum atomic E-state index is 14.5. The van der Waals surface area contributed by atoms with Crippen LogP contribution >= 0.6 is 0 Å². The van der Waals surface area contributed by atoms with Gasteiger partial charge >= 0.3 is 12.2 Å². The van der Waals surface area contributed by atoms with Crippen molar-refractivity contribution in [3.8, 4) is 0 Å². The average Bonchev–Trinajstić information content (AvgIpc) is 3.94. The molecule has 5 atom stereocenters. The van der Waals surface area contributed by atoms with Crippen molar-refractivity contribution in [2.75, 3.05) is 6.54 Å². The van der Waals surface area contributed by atoms with Gasteiger partial charge < -0.3 is 25.0 Å². The van der Waals surface area contributed by atoms with Gasteiger partial charge in [0.25, 0.3) is 5.91 Å². The number of halogens is 1. The maximum absolute atomic E-state index is 14.5. The normalized spacial score (nSPS) is 24.5. The highest BCUT2D eigenvalue weighted by molar-refractivity contribution is 7.91. The second-order valence-electron chi connectivity index (χ2n) is 16.6. The molecule has 53 heavy (non-hydrogen) atoms. The fraction of sp³-hybridized carbons (Fsp3) is 0.649. The van der Waals surface area contributed by atoms with Gasteiger partial charge in [-0.25, -0.2) is 22.4 Å². The minimum atomic E-state index is -3.95. The lowest BCUT2D eigenvalue weighted by Crippen LogP contribution is -2.59. The fourth-order valence-electron chi connectivity index (χ4n) is 6.94. The summed E-state index contributed by atoms with van der Waals surface area (Å²) in [5, 5.41) is 4.75. The number of sulfonamides is 1. The number of alkyl carbamates (subject to hydrolysis) is 1. The standard InChI is InChI=1S/C37H52FN5O9S/c1-9-36(7,8)17-28(39-33(47)52-35(4,5)6)31(45)43-19-23(51-34(48)42-18-22-11-10-12-27(38)25(22)20-42)15-29(43)30(44)40-37(16-26(37)21(2)3)32(46)41-53(49,50)24-13-14-24/h10-12,23-24,26,28-29H,2,9,13-20H2,1,3-8H3,(H,39,47)(H,40,44)(H,41,46). The van der Waals surface area contributed by atoms with Crippen LogP contribution in [0.5, 0.6) is 0 Å². The third-order valence-corrected chi connectivity index (χ3v) is 12.3. The summed E-state index contributed by atoms with van der Waals surface area (Å²) in [5.74, 6) is -3.29. The number of amides is 5. The number of hydrogen-bond acceptors (Lipinski definition) is 9. The molecule has 14 nitrogen and oxygen atoms in total. The van der Waals surface area contributed by atoms with E-state index >= 15 is 0 Å². The monoisotopic (exact) mass is 761 g/mol. The second-order valence-corrected chi connectivity index (χ2v) is 18.6. The van der Waals surface area contributed by atoms with E-state index in [0.717, 1.165) is 0 Å². The Morgan fingerprint density at radius 2 is 1.77 bits per heavy atom. The Morgan fingerprint density at radius 1 is 1.09 bits per heavy atom. The lowest BCUT2D eigenvalue weighted by molar-refractivity contribution is -0.141. The molecular weight excluding hydrogens is 709 g/mol. The lowest BCUT2D eigenvalue weighted by atomic mass is 9.83. The number of benzene rings is 1. The number of nitrogens with one attached hydrogen (secondary N) is 3. The van der Waals surface area contributed by atoms with Gasteiger partial charge in [-0.1, -0.05) is 51.5 Å². The van der Waals surface area contributed by atoms with E-state index < -0.39 is 91.7 Å². The van der Waals surface area contributed by atoms with Crippen molar-refractivity contribution in [1.29, 1.82) is 0 Å². The highest BCUT2D eigenvalue weighted by Crippen LogP contribution is 2.49. The number of ether oxygens (including phenoxy) is 2. The molecule has 0 spiro atoms. The molecule has 3 N–H and O–H groups in total. The van der Waals surface area contributed by atoms with Gasteiger partial charge in [-0.05, 0) is 70.4 Å². The van der Waals surface area contributed by atoms with Crippen LogP contribution in [0.25, 0.3) is 0 Å². The van der Waals surface area contributed by atoms with Gasteiger partial charge in [-0.2, -0.15) is 0 Å². The highest BCUT2D eigenvalue weighted by Gasteiger charge is 2.63. The number of nitrogens with zero attached hydrogens (tertiary/aromatic N) is 2. The Labute approximate surface area is 310 Å².